The van der Waals surface area contributed by atoms with Gasteiger partial charge in [-0.1, -0.05) is 0 Å². The van der Waals surface area contributed by atoms with E-state index in [0.717, 1.165) is 50.6 Å². The lowest BCUT2D eigenvalue weighted by molar-refractivity contribution is -0.127. The maximum atomic E-state index is 11.6. The molecule has 142 valence electrons. The number of hydrogen-bond donors (Lipinski definition) is 2. The van der Waals surface area contributed by atoms with Gasteiger partial charge in [-0.25, -0.2) is 0 Å². The van der Waals surface area contributed by atoms with Gasteiger partial charge in [-0.15, -0.1) is 24.0 Å². The summed E-state index contributed by atoms with van der Waals surface area (Å²) in [6.45, 7) is 4.45. The third-order valence-electron chi connectivity index (χ3n) is 3.87. The molecule has 1 aliphatic heterocycles. The molecular weight excluding hydrogens is 435 g/mol. The maximum Gasteiger partial charge on any atom is 0.222 e. The van der Waals surface area contributed by atoms with Crippen LogP contribution in [0.15, 0.2) is 27.8 Å². The smallest absolute Gasteiger partial charge is 0.222 e. The number of carbonyl (C=O) groups excluding carboxylic acids is 1. The van der Waals surface area contributed by atoms with E-state index < -0.39 is 0 Å². The van der Waals surface area contributed by atoms with Crippen LogP contribution in [0.3, 0.4) is 0 Å². The molecule has 2 heterocycles. The fourth-order valence-corrected chi connectivity index (χ4v) is 2.60. The number of carbonyl (C=O) groups is 1. The number of methoxy groups -OCH3 is 1. The van der Waals surface area contributed by atoms with Crippen molar-refractivity contribution < 1.29 is 13.9 Å². The number of halogens is 1. The fraction of sp³-hybridized carbons (Fsp3) is 0.647. The van der Waals surface area contributed by atoms with Crippen LogP contribution in [0.4, 0.5) is 0 Å². The Balaban J connectivity index is 0.00000312. The number of nitrogens with one attached hydrogen (secondary N) is 2. The zero-order chi connectivity index (χ0) is 17.0. The second-order valence-corrected chi connectivity index (χ2v) is 5.74. The molecule has 8 heteroatoms. The Kier molecular flexibility index (Phi) is 11.3. The number of amides is 1. The molecule has 0 spiro atoms. The number of rotatable bonds is 10. The second kappa shape index (κ2) is 13.0. The molecule has 0 radical (unpaired) electrons. The van der Waals surface area contributed by atoms with Crippen LogP contribution in [0.2, 0.25) is 0 Å². The zero-order valence-corrected chi connectivity index (χ0v) is 17.2. The first-order valence-corrected chi connectivity index (χ1v) is 8.61. The number of furan rings is 1. The Labute approximate surface area is 166 Å². The summed E-state index contributed by atoms with van der Waals surface area (Å²) in [5, 5.41) is 6.54. The monoisotopic (exact) mass is 464 g/mol. The van der Waals surface area contributed by atoms with E-state index in [4.69, 9.17) is 9.15 Å². The van der Waals surface area contributed by atoms with Crippen molar-refractivity contribution >= 4 is 35.8 Å². The van der Waals surface area contributed by atoms with E-state index >= 15 is 0 Å². The van der Waals surface area contributed by atoms with Crippen LogP contribution < -0.4 is 10.6 Å². The number of nitrogens with zero attached hydrogens (tertiary/aromatic N) is 2. The van der Waals surface area contributed by atoms with Crippen molar-refractivity contribution in [1.82, 2.24) is 15.5 Å². The van der Waals surface area contributed by atoms with Crippen LogP contribution >= 0.6 is 24.0 Å². The lowest BCUT2D eigenvalue weighted by atomic mass is 10.3. The standard InChI is InChI=1S/C17H28N4O3.HI/c1-23-14-10-20-17(19-9-7-15-5-3-13-24-15)18-8-4-12-21-11-2-6-16(21)22;/h3,5,13H,2,4,6-12,14H2,1H3,(H2,18,19,20);1H. The van der Waals surface area contributed by atoms with Gasteiger partial charge in [0.2, 0.25) is 5.91 Å². The van der Waals surface area contributed by atoms with Gasteiger partial charge in [-0.3, -0.25) is 9.79 Å². The minimum atomic E-state index is 0. The van der Waals surface area contributed by atoms with E-state index in [1.807, 2.05) is 17.0 Å². The Morgan fingerprint density at radius 2 is 2.24 bits per heavy atom. The van der Waals surface area contributed by atoms with E-state index in [0.29, 0.717) is 26.1 Å². The zero-order valence-electron chi connectivity index (χ0n) is 14.8. The first-order chi connectivity index (χ1) is 11.8. The van der Waals surface area contributed by atoms with Crippen LogP contribution in [0.1, 0.15) is 25.0 Å². The summed E-state index contributed by atoms with van der Waals surface area (Å²) in [6, 6.07) is 3.85. The molecular formula is C17H29IN4O3. The normalized spacial score (nSPS) is 14.5. The summed E-state index contributed by atoms with van der Waals surface area (Å²) in [6.07, 6.45) is 5.05. The summed E-state index contributed by atoms with van der Waals surface area (Å²) in [5.41, 5.74) is 0. The SMILES string of the molecule is COCCNC(=NCCCN1CCCC1=O)NCCc1ccco1.I. The van der Waals surface area contributed by atoms with Crippen LogP contribution in [0, 0.1) is 0 Å². The molecule has 0 atom stereocenters. The number of hydrogen-bond acceptors (Lipinski definition) is 4. The first kappa shape index (κ1) is 21.8. The largest absolute Gasteiger partial charge is 0.469 e. The Bertz CT molecular complexity index is 508. The van der Waals surface area contributed by atoms with Gasteiger partial charge in [0, 0.05) is 52.7 Å². The van der Waals surface area contributed by atoms with Gasteiger partial charge in [0.05, 0.1) is 12.9 Å². The minimum Gasteiger partial charge on any atom is -0.469 e. The molecule has 1 saturated heterocycles. The van der Waals surface area contributed by atoms with Crippen molar-refractivity contribution in [2.45, 2.75) is 25.7 Å². The van der Waals surface area contributed by atoms with E-state index in [1.54, 1.807) is 13.4 Å². The number of likely N-dealkylation sites (tertiary alicyclic amines) is 1. The van der Waals surface area contributed by atoms with Gasteiger partial charge in [-0.2, -0.15) is 0 Å². The van der Waals surface area contributed by atoms with E-state index in [1.165, 1.54) is 0 Å². The van der Waals surface area contributed by atoms with E-state index in [2.05, 4.69) is 15.6 Å². The van der Waals surface area contributed by atoms with Gasteiger partial charge >= 0.3 is 0 Å². The molecule has 0 unspecified atom stereocenters. The Hall–Kier alpha value is -1.29. The van der Waals surface area contributed by atoms with Crippen LogP contribution in [0.5, 0.6) is 0 Å². The van der Waals surface area contributed by atoms with E-state index in [-0.39, 0.29) is 29.9 Å². The summed E-state index contributed by atoms with van der Waals surface area (Å²) in [4.78, 5) is 18.1. The summed E-state index contributed by atoms with van der Waals surface area (Å²) >= 11 is 0. The van der Waals surface area contributed by atoms with Gasteiger partial charge in [0.15, 0.2) is 5.96 Å². The average molecular weight is 464 g/mol. The highest BCUT2D eigenvalue weighted by Gasteiger charge is 2.18. The highest BCUT2D eigenvalue weighted by Crippen LogP contribution is 2.09. The minimum absolute atomic E-state index is 0. The van der Waals surface area contributed by atoms with Gasteiger partial charge in [0.1, 0.15) is 5.76 Å². The van der Waals surface area contributed by atoms with Crippen LogP contribution in [0.25, 0.3) is 0 Å². The lowest BCUT2D eigenvalue weighted by Crippen LogP contribution is -2.40. The molecule has 1 aliphatic rings. The fourth-order valence-electron chi connectivity index (χ4n) is 2.60. The van der Waals surface area contributed by atoms with Crippen LogP contribution in [-0.4, -0.2) is 63.2 Å². The molecule has 1 aromatic heterocycles. The van der Waals surface area contributed by atoms with Gasteiger partial charge in [-0.05, 0) is 25.0 Å². The van der Waals surface area contributed by atoms with Gasteiger partial charge in [0.25, 0.3) is 0 Å². The molecule has 2 rings (SSSR count). The topological polar surface area (TPSA) is 79.1 Å². The summed E-state index contributed by atoms with van der Waals surface area (Å²) < 4.78 is 10.4. The van der Waals surface area contributed by atoms with E-state index in [9.17, 15) is 4.79 Å². The van der Waals surface area contributed by atoms with Crippen LogP contribution in [-0.2, 0) is 16.0 Å². The Morgan fingerprint density at radius 3 is 2.92 bits per heavy atom. The molecule has 0 aliphatic carbocycles. The van der Waals surface area contributed by atoms with Crippen molar-refractivity contribution in [2.24, 2.45) is 4.99 Å². The highest BCUT2D eigenvalue weighted by molar-refractivity contribution is 14.0. The van der Waals surface area contributed by atoms with Crippen molar-refractivity contribution in [3.63, 3.8) is 0 Å². The number of guanidine groups is 1. The highest BCUT2D eigenvalue weighted by atomic mass is 127. The molecule has 0 aromatic carbocycles. The predicted octanol–water partition coefficient (Wildman–Crippen LogP) is 1.63. The summed E-state index contributed by atoms with van der Waals surface area (Å²) in [7, 11) is 1.68. The van der Waals surface area contributed by atoms with Crippen molar-refractivity contribution in [3.8, 4) is 0 Å². The van der Waals surface area contributed by atoms with Gasteiger partial charge < -0.3 is 24.7 Å². The third-order valence-corrected chi connectivity index (χ3v) is 3.87. The molecule has 1 amide bonds. The first-order valence-electron chi connectivity index (χ1n) is 8.61. The number of aliphatic imine (C=N–C) groups is 1. The van der Waals surface area contributed by atoms with Crippen molar-refractivity contribution in [1.29, 1.82) is 0 Å². The molecule has 1 aromatic rings. The lowest BCUT2D eigenvalue weighted by Gasteiger charge is -2.15. The third kappa shape index (κ3) is 8.57. The second-order valence-electron chi connectivity index (χ2n) is 5.74. The quantitative estimate of drug-likeness (QED) is 0.238. The summed E-state index contributed by atoms with van der Waals surface area (Å²) in [5.74, 6) is 1.99. The predicted molar refractivity (Wildman–Crippen MR) is 108 cm³/mol. The van der Waals surface area contributed by atoms with Crippen molar-refractivity contribution in [2.75, 3.05) is 46.4 Å². The number of ether oxygens (including phenoxy) is 1. The Morgan fingerprint density at radius 1 is 1.40 bits per heavy atom. The molecule has 1 fully saturated rings. The molecule has 0 saturated carbocycles. The molecule has 2 N–H and O–H groups in total. The molecule has 25 heavy (non-hydrogen) atoms. The molecule has 7 nitrogen and oxygen atoms in total. The van der Waals surface area contributed by atoms with Crippen molar-refractivity contribution in [3.05, 3.63) is 24.2 Å². The molecule has 0 bridgehead atoms. The average Bonchev–Trinajstić information content (AvgIpc) is 3.23. The maximum absolute atomic E-state index is 11.6.